The average Bonchev–Trinajstić information content (AvgIpc) is 2.80. The van der Waals surface area contributed by atoms with Crippen molar-refractivity contribution in [1.82, 2.24) is 15.0 Å². The number of nitrogens with two attached hydrogens (primary N) is 2. The molecule has 5 heteroatoms. The number of nitrogens with zero attached hydrogens (tertiary/aromatic N) is 2. The van der Waals surface area contributed by atoms with Crippen LogP contribution in [0.5, 0.6) is 0 Å². The topological polar surface area (TPSA) is 93.6 Å². The zero-order valence-electron chi connectivity index (χ0n) is 10.4. The maximum Gasteiger partial charge on any atom is 0.179 e. The second kappa shape index (κ2) is 4.70. The summed E-state index contributed by atoms with van der Waals surface area (Å²) in [6.45, 7) is 0.529. The first kappa shape index (κ1) is 11.7. The number of nitrogens with one attached hydrogen (secondary N) is 1. The third kappa shape index (κ3) is 2.28. The Balaban J connectivity index is 1.96. The largest absolute Gasteiger partial charge is 0.384 e. The molecule has 2 aromatic heterocycles. The fourth-order valence-corrected chi connectivity index (χ4v) is 2.15. The van der Waals surface area contributed by atoms with Crippen LogP contribution in [0, 0.1) is 0 Å². The lowest BCUT2D eigenvalue weighted by molar-refractivity contribution is 0.976. The first-order chi connectivity index (χ1) is 9.26. The summed E-state index contributed by atoms with van der Waals surface area (Å²) in [5.41, 5.74) is 15.3. The van der Waals surface area contributed by atoms with E-state index in [4.69, 9.17) is 11.5 Å². The van der Waals surface area contributed by atoms with Gasteiger partial charge in [0.2, 0.25) is 0 Å². The molecule has 0 aliphatic carbocycles. The van der Waals surface area contributed by atoms with E-state index in [9.17, 15) is 0 Å². The minimum absolute atomic E-state index is 0.480. The number of hydrogen-bond acceptors (Lipinski definition) is 4. The maximum atomic E-state index is 5.74. The highest BCUT2D eigenvalue weighted by Gasteiger charge is 2.07. The average molecular weight is 253 g/mol. The van der Waals surface area contributed by atoms with Crippen molar-refractivity contribution in [3.8, 4) is 0 Å². The number of pyridine rings is 1. The van der Waals surface area contributed by atoms with E-state index in [-0.39, 0.29) is 0 Å². The van der Waals surface area contributed by atoms with Gasteiger partial charge in [-0.05, 0) is 23.3 Å². The highest BCUT2D eigenvalue weighted by molar-refractivity contribution is 5.72. The molecule has 0 bridgehead atoms. The van der Waals surface area contributed by atoms with Crippen molar-refractivity contribution in [2.45, 2.75) is 13.0 Å². The molecule has 3 rings (SSSR count). The maximum absolute atomic E-state index is 5.74. The number of imidazole rings is 1. The molecule has 0 aliphatic rings. The van der Waals surface area contributed by atoms with Gasteiger partial charge in [0.1, 0.15) is 11.6 Å². The van der Waals surface area contributed by atoms with Gasteiger partial charge >= 0.3 is 0 Å². The summed E-state index contributed by atoms with van der Waals surface area (Å²) < 4.78 is 0. The quantitative estimate of drug-likeness (QED) is 0.660. The van der Waals surface area contributed by atoms with E-state index in [1.165, 1.54) is 5.56 Å². The predicted molar refractivity (Wildman–Crippen MR) is 75.4 cm³/mol. The van der Waals surface area contributed by atoms with Crippen LogP contribution in [0.3, 0.4) is 0 Å². The summed E-state index contributed by atoms with van der Waals surface area (Å²) in [6.07, 6.45) is 0.712. The van der Waals surface area contributed by atoms with Crippen molar-refractivity contribution >= 4 is 17.0 Å². The summed E-state index contributed by atoms with van der Waals surface area (Å²) in [6, 6.07) is 11.8. The lowest BCUT2D eigenvalue weighted by atomic mass is 10.0. The number of fused-ring (bicyclic) bond motifs is 1. The summed E-state index contributed by atoms with van der Waals surface area (Å²) in [4.78, 5) is 11.9. The van der Waals surface area contributed by atoms with Crippen LogP contribution in [0.1, 0.15) is 17.0 Å². The van der Waals surface area contributed by atoms with Crippen molar-refractivity contribution in [3.63, 3.8) is 0 Å². The van der Waals surface area contributed by atoms with Crippen LogP contribution in [0.15, 0.2) is 36.4 Å². The lowest BCUT2D eigenvalue weighted by Crippen LogP contribution is -2.02. The highest BCUT2D eigenvalue weighted by atomic mass is 15.0. The van der Waals surface area contributed by atoms with Gasteiger partial charge in [-0.15, -0.1) is 0 Å². The van der Waals surface area contributed by atoms with Crippen LogP contribution >= 0.6 is 0 Å². The van der Waals surface area contributed by atoms with Gasteiger partial charge in [0.15, 0.2) is 5.65 Å². The molecule has 0 amide bonds. The molecule has 0 unspecified atom stereocenters. The number of aromatic nitrogens is 3. The summed E-state index contributed by atoms with van der Waals surface area (Å²) in [5.74, 6) is 1.35. The Labute approximate surface area is 110 Å². The van der Waals surface area contributed by atoms with Crippen LogP contribution < -0.4 is 11.5 Å². The van der Waals surface area contributed by atoms with Gasteiger partial charge in [-0.1, -0.05) is 24.3 Å². The number of H-pyrrole nitrogens is 1. The van der Waals surface area contributed by atoms with E-state index in [1.807, 2.05) is 24.3 Å². The summed E-state index contributed by atoms with van der Waals surface area (Å²) in [5, 5.41) is 0. The molecule has 0 atom stereocenters. The lowest BCUT2D eigenvalue weighted by Gasteiger charge is -2.04. The minimum atomic E-state index is 0.480. The zero-order valence-corrected chi connectivity index (χ0v) is 10.4. The molecule has 0 fully saturated rings. The molecule has 5 N–H and O–H groups in total. The number of anilines is 1. The molecule has 2 heterocycles. The van der Waals surface area contributed by atoms with Gasteiger partial charge in [0.25, 0.3) is 0 Å². The molecule has 0 saturated carbocycles. The van der Waals surface area contributed by atoms with E-state index in [1.54, 1.807) is 6.07 Å². The van der Waals surface area contributed by atoms with E-state index in [0.29, 0.717) is 24.4 Å². The molecule has 96 valence electrons. The second-order valence-corrected chi connectivity index (χ2v) is 4.44. The van der Waals surface area contributed by atoms with E-state index < -0.39 is 0 Å². The van der Waals surface area contributed by atoms with Crippen LogP contribution in [0.2, 0.25) is 0 Å². The fourth-order valence-electron chi connectivity index (χ4n) is 2.15. The standard InChI is InChI=1S/C14H15N5/c15-8-10-4-2-1-3-9(10)7-13-17-11-5-6-12(16)18-14(11)19-13/h1-6H,7-8,15H2,(H3,16,17,18,19). The third-order valence-electron chi connectivity index (χ3n) is 3.11. The molecular formula is C14H15N5. The third-order valence-corrected chi connectivity index (χ3v) is 3.11. The Bertz CT molecular complexity index is 717. The van der Waals surface area contributed by atoms with E-state index in [0.717, 1.165) is 16.9 Å². The Kier molecular flexibility index (Phi) is 2.89. The molecule has 0 spiro atoms. The molecule has 19 heavy (non-hydrogen) atoms. The Hall–Kier alpha value is -2.40. The molecule has 0 aliphatic heterocycles. The van der Waals surface area contributed by atoms with Crippen molar-refractivity contribution in [1.29, 1.82) is 0 Å². The zero-order chi connectivity index (χ0) is 13.2. The molecule has 5 nitrogen and oxygen atoms in total. The Morgan fingerprint density at radius 2 is 1.79 bits per heavy atom. The molecule has 1 aromatic carbocycles. The fraction of sp³-hybridized carbons (Fsp3) is 0.143. The van der Waals surface area contributed by atoms with Gasteiger partial charge in [-0.2, -0.15) is 0 Å². The highest BCUT2D eigenvalue weighted by Crippen LogP contribution is 2.16. The van der Waals surface area contributed by atoms with E-state index >= 15 is 0 Å². The monoisotopic (exact) mass is 253 g/mol. The number of aromatic amines is 1. The van der Waals surface area contributed by atoms with Crippen LogP contribution in [-0.4, -0.2) is 15.0 Å². The van der Waals surface area contributed by atoms with Crippen molar-refractivity contribution in [3.05, 3.63) is 53.3 Å². The Morgan fingerprint density at radius 3 is 2.58 bits per heavy atom. The van der Waals surface area contributed by atoms with Crippen molar-refractivity contribution < 1.29 is 0 Å². The number of benzene rings is 1. The number of nitrogen functional groups attached to an aromatic ring is 1. The molecule has 0 saturated heterocycles. The number of hydrogen-bond donors (Lipinski definition) is 3. The predicted octanol–water partition coefficient (Wildman–Crippen LogP) is 1.59. The second-order valence-electron chi connectivity index (χ2n) is 4.44. The smallest absolute Gasteiger partial charge is 0.179 e. The van der Waals surface area contributed by atoms with Crippen LogP contribution in [0.25, 0.3) is 11.2 Å². The van der Waals surface area contributed by atoms with Crippen LogP contribution in [0.4, 0.5) is 5.82 Å². The Morgan fingerprint density at radius 1 is 1.00 bits per heavy atom. The van der Waals surface area contributed by atoms with Gasteiger partial charge in [-0.25, -0.2) is 9.97 Å². The molecule has 0 radical (unpaired) electrons. The molecular weight excluding hydrogens is 238 g/mol. The van der Waals surface area contributed by atoms with Gasteiger partial charge < -0.3 is 16.5 Å². The molecule has 3 aromatic rings. The first-order valence-corrected chi connectivity index (χ1v) is 6.14. The summed E-state index contributed by atoms with van der Waals surface area (Å²) in [7, 11) is 0. The van der Waals surface area contributed by atoms with Gasteiger partial charge in [0, 0.05) is 13.0 Å². The SMILES string of the molecule is NCc1ccccc1Cc1nc2nc(N)ccc2[nH]1. The number of rotatable bonds is 3. The summed E-state index contributed by atoms with van der Waals surface area (Å²) >= 11 is 0. The van der Waals surface area contributed by atoms with Crippen molar-refractivity contribution in [2.75, 3.05) is 5.73 Å². The van der Waals surface area contributed by atoms with E-state index in [2.05, 4.69) is 21.0 Å². The van der Waals surface area contributed by atoms with Gasteiger partial charge in [-0.3, -0.25) is 0 Å². The minimum Gasteiger partial charge on any atom is -0.384 e. The van der Waals surface area contributed by atoms with Crippen LogP contribution in [-0.2, 0) is 13.0 Å². The first-order valence-electron chi connectivity index (χ1n) is 6.14. The van der Waals surface area contributed by atoms with Gasteiger partial charge in [0.05, 0.1) is 5.52 Å². The normalized spacial score (nSPS) is 11.0. The van der Waals surface area contributed by atoms with Crippen molar-refractivity contribution in [2.24, 2.45) is 5.73 Å².